The van der Waals surface area contributed by atoms with Gasteiger partial charge in [-0.15, -0.1) is 0 Å². The highest BCUT2D eigenvalue weighted by molar-refractivity contribution is 5.82. The third-order valence-electron chi connectivity index (χ3n) is 5.03. The summed E-state index contributed by atoms with van der Waals surface area (Å²) in [7, 11) is 0. The minimum Gasteiger partial charge on any atom is -0.353 e. The molecule has 1 saturated heterocycles. The highest BCUT2D eigenvalue weighted by Gasteiger charge is 2.29. The molecule has 5 heteroatoms. The lowest BCUT2D eigenvalue weighted by Gasteiger charge is -2.35. The molecule has 27 heavy (non-hydrogen) atoms. The maximum absolute atomic E-state index is 12.5. The van der Waals surface area contributed by atoms with Gasteiger partial charge < -0.3 is 5.32 Å². The van der Waals surface area contributed by atoms with E-state index in [1.165, 1.54) is 16.7 Å². The SMILES string of the molecule is O=C1NCCN(Cc2ccc(Cn3cccn3)cc2)[C@H]1Cc1ccccc1. The highest BCUT2D eigenvalue weighted by Crippen LogP contribution is 2.16. The Balaban J connectivity index is 1.43. The van der Waals surface area contributed by atoms with E-state index >= 15 is 0 Å². The van der Waals surface area contributed by atoms with Gasteiger partial charge in [-0.3, -0.25) is 14.4 Å². The van der Waals surface area contributed by atoms with Crippen molar-refractivity contribution < 1.29 is 4.79 Å². The van der Waals surface area contributed by atoms with Gasteiger partial charge in [-0.25, -0.2) is 0 Å². The molecule has 3 aromatic rings. The minimum absolute atomic E-state index is 0.120. The first-order valence-corrected chi connectivity index (χ1v) is 9.39. The fourth-order valence-electron chi connectivity index (χ4n) is 3.58. The highest BCUT2D eigenvalue weighted by atomic mass is 16.2. The summed E-state index contributed by atoms with van der Waals surface area (Å²) in [5.74, 6) is 0.125. The number of hydrogen-bond donors (Lipinski definition) is 1. The summed E-state index contributed by atoms with van der Waals surface area (Å²) in [6.45, 7) is 3.14. The van der Waals surface area contributed by atoms with Crippen LogP contribution < -0.4 is 5.32 Å². The summed E-state index contributed by atoms with van der Waals surface area (Å²) in [6, 6.07) is 20.7. The Morgan fingerprint density at radius 3 is 2.37 bits per heavy atom. The zero-order valence-electron chi connectivity index (χ0n) is 15.3. The molecule has 5 nitrogen and oxygen atoms in total. The molecule has 0 radical (unpaired) electrons. The van der Waals surface area contributed by atoms with E-state index in [4.69, 9.17) is 0 Å². The minimum atomic E-state index is -0.120. The van der Waals surface area contributed by atoms with Crippen molar-refractivity contribution in [3.05, 3.63) is 89.7 Å². The Morgan fingerprint density at radius 2 is 1.67 bits per heavy atom. The first kappa shape index (κ1) is 17.5. The lowest BCUT2D eigenvalue weighted by Crippen LogP contribution is -2.55. The third-order valence-corrected chi connectivity index (χ3v) is 5.03. The predicted octanol–water partition coefficient (Wildman–Crippen LogP) is 2.47. The van der Waals surface area contributed by atoms with E-state index in [-0.39, 0.29) is 11.9 Å². The second-order valence-corrected chi connectivity index (χ2v) is 6.99. The van der Waals surface area contributed by atoms with Crippen LogP contribution in [-0.2, 0) is 24.3 Å². The number of nitrogens with one attached hydrogen (secondary N) is 1. The van der Waals surface area contributed by atoms with Crippen molar-refractivity contribution in [2.75, 3.05) is 13.1 Å². The molecule has 0 spiro atoms. The molecule has 0 saturated carbocycles. The normalized spacial score (nSPS) is 17.6. The number of aromatic nitrogens is 2. The van der Waals surface area contributed by atoms with Crippen molar-refractivity contribution in [2.45, 2.75) is 25.6 Å². The van der Waals surface area contributed by atoms with Gasteiger partial charge in [-0.1, -0.05) is 54.6 Å². The fraction of sp³-hybridized carbons (Fsp3) is 0.273. The fourth-order valence-corrected chi connectivity index (χ4v) is 3.58. The van der Waals surface area contributed by atoms with Crippen molar-refractivity contribution >= 4 is 5.91 Å². The largest absolute Gasteiger partial charge is 0.353 e. The van der Waals surface area contributed by atoms with Gasteiger partial charge in [0.1, 0.15) is 0 Å². The monoisotopic (exact) mass is 360 g/mol. The van der Waals surface area contributed by atoms with Crippen LogP contribution in [0.15, 0.2) is 73.1 Å². The number of carbonyl (C=O) groups excluding carboxylic acids is 1. The van der Waals surface area contributed by atoms with Crippen LogP contribution in [0.2, 0.25) is 0 Å². The molecule has 1 aromatic heterocycles. The Kier molecular flexibility index (Phi) is 5.30. The summed E-state index contributed by atoms with van der Waals surface area (Å²) in [5.41, 5.74) is 3.64. The van der Waals surface area contributed by atoms with Crippen LogP contribution in [0.4, 0.5) is 0 Å². The number of nitrogens with zero attached hydrogens (tertiary/aromatic N) is 3. The van der Waals surface area contributed by atoms with Crippen molar-refractivity contribution in [2.24, 2.45) is 0 Å². The second kappa shape index (κ2) is 8.18. The quantitative estimate of drug-likeness (QED) is 0.735. The summed E-state index contributed by atoms with van der Waals surface area (Å²) in [6.07, 6.45) is 4.50. The second-order valence-electron chi connectivity index (χ2n) is 6.99. The Hall–Kier alpha value is -2.92. The molecule has 1 N–H and O–H groups in total. The van der Waals surface area contributed by atoms with Gasteiger partial charge in [-0.05, 0) is 29.2 Å². The average Bonchev–Trinajstić information content (AvgIpc) is 3.20. The van der Waals surface area contributed by atoms with Crippen molar-refractivity contribution in [1.29, 1.82) is 0 Å². The van der Waals surface area contributed by atoms with Gasteiger partial charge in [0.25, 0.3) is 0 Å². The maximum atomic E-state index is 12.5. The molecule has 1 aliphatic rings. The van der Waals surface area contributed by atoms with E-state index < -0.39 is 0 Å². The average molecular weight is 360 g/mol. The Bertz CT molecular complexity index is 859. The molecule has 1 fully saturated rings. The van der Waals surface area contributed by atoms with Gasteiger partial charge in [-0.2, -0.15) is 5.10 Å². The van der Waals surface area contributed by atoms with Crippen LogP contribution in [0.5, 0.6) is 0 Å². The van der Waals surface area contributed by atoms with Crippen LogP contribution in [0.1, 0.15) is 16.7 Å². The van der Waals surface area contributed by atoms with E-state index in [1.807, 2.05) is 35.1 Å². The van der Waals surface area contributed by atoms with Crippen molar-refractivity contribution in [3.63, 3.8) is 0 Å². The molecule has 0 aliphatic carbocycles. The zero-order valence-corrected chi connectivity index (χ0v) is 15.3. The van der Waals surface area contributed by atoms with E-state index in [0.717, 1.165) is 26.1 Å². The summed E-state index contributed by atoms with van der Waals surface area (Å²) >= 11 is 0. The van der Waals surface area contributed by atoms with Gasteiger partial charge in [0.15, 0.2) is 0 Å². The summed E-state index contributed by atoms with van der Waals surface area (Å²) in [5, 5.41) is 7.26. The topological polar surface area (TPSA) is 50.2 Å². The van der Waals surface area contributed by atoms with Crippen LogP contribution in [0.3, 0.4) is 0 Å². The molecule has 1 aliphatic heterocycles. The number of amides is 1. The first-order valence-electron chi connectivity index (χ1n) is 9.39. The number of rotatable bonds is 6. The number of hydrogen-bond acceptors (Lipinski definition) is 3. The van der Waals surface area contributed by atoms with Crippen LogP contribution in [-0.4, -0.2) is 39.7 Å². The lowest BCUT2D eigenvalue weighted by atomic mass is 10.0. The van der Waals surface area contributed by atoms with Gasteiger partial charge in [0.2, 0.25) is 5.91 Å². The van der Waals surface area contributed by atoms with Gasteiger partial charge in [0, 0.05) is 32.0 Å². The molecule has 0 bridgehead atoms. The van der Waals surface area contributed by atoms with E-state index in [2.05, 4.69) is 51.7 Å². The number of piperazine rings is 1. The van der Waals surface area contributed by atoms with Crippen LogP contribution >= 0.6 is 0 Å². The number of benzene rings is 2. The van der Waals surface area contributed by atoms with E-state index in [9.17, 15) is 4.79 Å². The van der Waals surface area contributed by atoms with E-state index in [0.29, 0.717) is 6.54 Å². The molecule has 1 amide bonds. The summed E-state index contributed by atoms with van der Waals surface area (Å²) in [4.78, 5) is 14.8. The van der Waals surface area contributed by atoms with Crippen LogP contribution in [0.25, 0.3) is 0 Å². The molecule has 2 heterocycles. The number of carbonyl (C=O) groups is 1. The molecular formula is C22H24N4O. The Morgan fingerprint density at radius 1 is 0.926 bits per heavy atom. The molecular weight excluding hydrogens is 336 g/mol. The maximum Gasteiger partial charge on any atom is 0.237 e. The molecule has 138 valence electrons. The van der Waals surface area contributed by atoms with Crippen molar-refractivity contribution in [3.8, 4) is 0 Å². The first-order chi connectivity index (χ1) is 13.3. The van der Waals surface area contributed by atoms with Gasteiger partial charge >= 0.3 is 0 Å². The Labute approximate surface area is 159 Å². The van der Waals surface area contributed by atoms with E-state index in [1.54, 1.807) is 6.20 Å². The lowest BCUT2D eigenvalue weighted by molar-refractivity contribution is -0.129. The smallest absolute Gasteiger partial charge is 0.237 e. The molecule has 2 aromatic carbocycles. The van der Waals surface area contributed by atoms with Crippen molar-refractivity contribution in [1.82, 2.24) is 20.0 Å². The summed E-state index contributed by atoms with van der Waals surface area (Å²) < 4.78 is 1.92. The van der Waals surface area contributed by atoms with Gasteiger partial charge in [0.05, 0.1) is 12.6 Å². The standard InChI is InChI=1S/C22H24N4O/c27-22-21(15-18-5-2-1-3-6-18)25(14-12-23-22)16-19-7-9-20(10-8-19)17-26-13-4-11-24-26/h1-11,13,21H,12,14-17H2,(H,23,27)/t21-/m0/s1. The molecule has 4 rings (SSSR count). The predicted molar refractivity (Wildman–Crippen MR) is 105 cm³/mol. The zero-order chi connectivity index (χ0) is 18.5. The van der Waals surface area contributed by atoms with Crippen LogP contribution in [0, 0.1) is 0 Å². The third kappa shape index (κ3) is 4.44. The molecule has 1 atom stereocenters. The molecule has 0 unspecified atom stereocenters.